The number of nitrogens with zero attached hydrogens (tertiary/aromatic N) is 3. The molecule has 1 heterocycles. The van der Waals surface area contributed by atoms with Gasteiger partial charge in [-0.15, -0.1) is 0 Å². The van der Waals surface area contributed by atoms with Crippen LogP contribution in [0.5, 0.6) is 0 Å². The number of anilines is 1. The van der Waals surface area contributed by atoms with Gasteiger partial charge in [-0.2, -0.15) is 10.1 Å². The van der Waals surface area contributed by atoms with Crippen LogP contribution >= 0.6 is 12.2 Å². The van der Waals surface area contributed by atoms with E-state index in [0.29, 0.717) is 12.5 Å². The fourth-order valence-corrected chi connectivity index (χ4v) is 1.14. The van der Waals surface area contributed by atoms with Crippen molar-refractivity contribution in [2.75, 3.05) is 32.2 Å². The van der Waals surface area contributed by atoms with Gasteiger partial charge in [0.1, 0.15) is 0 Å². The zero-order valence-electron chi connectivity index (χ0n) is 10.4. The molecule has 1 aromatic rings. The largest absolute Gasteiger partial charge is 0.346 e. The Kier molecular flexibility index (Phi) is 7.78. The van der Waals surface area contributed by atoms with Gasteiger partial charge in [-0.3, -0.25) is 5.01 Å². The van der Waals surface area contributed by atoms with Crippen LogP contribution in [0.3, 0.4) is 0 Å². The minimum atomic E-state index is 0.169. The van der Waals surface area contributed by atoms with Crippen LogP contribution in [0.15, 0.2) is 4.52 Å². The maximum absolute atomic E-state index is 5.71. The third-order valence-corrected chi connectivity index (χ3v) is 1.88. The monoisotopic (exact) mass is 247 g/mol. The van der Waals surface area contributed by atoms with E-state index in [0.717, 1.165) is 13.0 Å². The highest BCUT2D eigenvalue weighted by Gasteiger charge is 2.05. The van der Waals surface area contributed by atoms with Crippen LogP contribution in [0.4, 0.5) is 5.95 Å². The number of nitrogens with two attached hydrogens (primary N) is 1. The lowest BCUT2D eigenvalue weighted by Gasteiger charge is -2.15. The van der Waals surface area contributed by atoms with Crippen molar-refractivity contribution < 1.29 is 4.52 Å². The van der Waals surface area contributed by atoms with Crippen molar-refractivity contribution in [2.45, 2.75) is 20.3 Å². The second-order valence-corrected chi connectivity index (χ2v) is 3.60. The summed E-state index contributed by atoms with van der Waals surface area (Å²) in [5.74, 6) is 6.18. The molecule has 1 aromatic heterocycles. The summed E-state index contributed by atoms with van der Waals surface area (Å²) in [4.78, 5) is 6.15. The molecule has 0 aromatic carbocycles. The molecule has 0 fully saturated rings. The van der Waals surface area contributed by atoms with E-state index < -0.39 is 0 Å². The maximum Gasteiger partial charge on any atom is 0.315 e. The van der Waals surface area contributed by atoms with Crippen molar-refractivity contribution in [1.29, 1.82) is 0 Å². The first-order valence-electron chi connectivity index (χ1n) is 5.32. The van der Waals surface area contributed by atoms with Crippen molar-refractivity contribution >= 4 is 18.2 Å². The number of nitrogens with one attached hydrogen (secondary N) is 1. The summed E-state index contributed by atoms with van der Waals surface area (Å²) in [6.45, 7) is 5.68. The van der Waals surface area contributed by atoms with E-state index in [2.05, 4.69) is 15.0 Å². The number of hydrogen-bond donors (Lipinski definition) is 2. The van der Waals surface area contributed by atoms with Gasteiger partial charge in [0.05, 0.1) is 0 Å². The summed E-state index contributed by atoms with van der Waals surface area (Å²) >= 11 is 4.71. The van der Waals surface area contributed by atoms with E-state index in [-0.39, 0.29) is 4.84 Å². The molecule has 0 radical (unpaired) electrons. The van der Waals surface area contributed by atoms with Crippen LogP contribution < -0.4 is 10.9 Å². The van der Waals surface area contributed by atoms with Crippen LogP contribution in [-0.2, 0) is 0 Å². The number of hydrogen-bond acceptors (Lipinski definition) is 6. The highest BCUT2D eigenvalue weighted by molar-refractivity contribution is 7.71. The number of hydrazine groups is 1. The van der Waals surface area contributed by atoms with Crippen LogP contribution in [0, 0.1) is 4.84 Å². The van der Waals surface area contributed by atoms with Crippen LogP contribution in [0.1, 0.15) is 20.3 Å². The molecule has 0 saturated heterocycles. The van der Waals surface area contributed by atoms with Gasteiger partial charge >= 0.3 is 4.84 Å². The minimum absolute atomic E-state index is 0.169. The first kappa shape index (κ1) is 15.1. The number of rotatable bonds is 5. The van der Waals surface area contributed by atoms with E-state index in [1.54, 1.807) is 0 Å². The Labute approximate surface area is 101 Å². The first-order valence-corrected chi connectivity index (χ1v) is 5.73. The molecule has 0 amide bonds. The topological polar surface area (TPSA) is 74.3 Å². The summed E-state index contributed by atoms with van der Waals surface area (Å²) in [6.07, 6.45) is 0.955. The quantitative estimate of drug-likeness (QED) is 0.465. The molecule has 0 bridgehead atoms. The van der Waals surface area contributed by atoms with Crippen LogP contribution in [0.2, 0.25) is 0 Å². The smallest absolute Gasteiger partial charge is 0.315 e. The van der Waals surface area contributed by atoms with Gasteiger partial charge < -0.3 is 9.42 Å². The molecule has 94 valence electrons. The lowest BCUT2D eigenvalue weighted by atomic mass is 10.4. The molecule has 7 heteroatoms. The number of aromatic nitrogens is 2. The summed E-state index contributed by atoms with van der Waals surface area (Å²) in [5, 5.41) is 4.03. The summed E-state index contributed by atoms with van der Waals surface area (Å²) in [5.41, 5.74) is 0. The van der Waals surface area contributed by atoms with Crippen molar-refractivity contribution in [3.63, 3.8) is 0 Å². The van der Waals surface area contributed by atoms with E-state index in [9.17, 15) is 0 Å². The highest BCUT2D eigenvalue weighted by Crippen LogP contribution is 2.02. The predicted molar refractivity (Wildman–Crippen MR) is 67.7 cm³/mol. The second-order valence-electron chi connectivity index (χ2n) is 3.26. The van der Waals surface area contributed by atoms with Gasteiger partial charge in [0.2, 0.25) is 0 Å². The molecular weight excluding hydrogens is 226 g/mol. The molecule has 0 aliphatic rings. The highest BCUT2D eigenvalue weighted by atomic mass is 32.1. The maximum atomic E-state index is 5.71. The van der Waals surface area contributed by atoms with Gasteiger partial charge in [0, 0.05) is 6.54 Å². The molecule has 0 spiro atoms. The Bertz CT molecular complexity index is 322. The molecule has 0 atom stereocenters. The Morgan fingerprint density at radius 2 is 2.00 bits per heavy atom. The minimum Gasteiger partial charge on any atom is -0.346 e. The molecule has 0 aliphatic heterocycles. The fraction of sp³-hybridized carbons (Fsp3) is 0.778. The molecule has 0 saturated carbocycles. The van der Waals surface area contributed by atoms with E-state index in [4.69, 9.17) is 22.6 Å². The lowest BCUT2D eigenvalue weighted by molar-refractivity contribution is 0.394. The standard InChI is InChI=1S/C7H15N5OS.C2H6/c1-11(2)4-3-5-12(8)6-9-7(14)13-10-6;1-2/h3-5,8H2,1-2H3,(H,9,10,14);1-2H3. The number of H-pyrrole nitrogens is 1. The SMILES string of the molecule is CC.CN(C)CCCN(N)c1nc(=S)o[nH]1. The van der Waals surface area contributed by atoms with Crippen molar-refractivity contribution in [3.8, 4) is 0 Å². The number of aromatic amines is 1. The molecule has 1 rings (SSSR count). The Morgan fingerprint density at radius 3 is 2.44 bits per heavy atom. The molecule has 3 N–H and O–H groups in total. The zero-order valence-corrected chi connectivity index (χ0v) is 11.2. The molecular formula is C9H21N5OS. The summed E-state index contributed by atoms with van der Waals surface area (Å²) in [6, 6.07) is 0. The fourth-order valence-electron chi connectivity index (χ4n) is 1.01. The van der Waals surface area contributed by atoms with Gasteiger partial charge in [-0.1, -0.05) is 13.8 Å². The molecule has 0 unspecified atom stereocenters. The third kappa shape index (κ3) is 5.84. The summed E-state index contributed by atoms with van der Waals surface area (Å²) < 4.78 is 4.76. The lowest BCUT2D eigenvalue weighted by Crippen LogP contribution is -2.34. The average Bonchev–Trinajstić information content (AvgIpc) is 2.67. The van der Waals surface area contributed by atoms with E-state index in [1.165, 1.54) is 5.01 Å². The van der Waals surface area contributed by atoms with Crippen LogP contribution in [0.25, 0.3) is 0 Å². The van der Waals surface area contributed by atoms with Gasteiger partial charge in [0.25, 0.3) is 5.95 Å². The first-order chi connectivity index (χ1) is 7.59. The molecule has 6 nitrogen and oxygen atoms in total. The normalized spacial score (nSPS) is 9.88. The van der Waals surface area contributed by atoms with Gasteiger partial charge in [-0.25, -0.2) is 5.84 Å². The van der Waals surface area contributed by atoms with Crippen molar-refractivity contribution in [2.24, 2.45) is 5.84 Å². The summed E-state index contributed by atoms with van der Waals surface area (Å²) in [7, 11) is 4.04. The van der Waals surface area contributed by atoms with Gasteiger partial charge in [-0.05, 0) is 39.3 Å². The van der Waals surface area contributed by atoms with Gasteiger partial charge in [0.15, 0.2) is 0 Å². The Morgan fingerprint density at radius 1 is 1.38 bits per heavy atom. The molecule has 16 heavy (non-hydrogen) atoms. The van der Waals surface area contributed by atoms with Crippen molar-refractivity contribution in [3.05, 3.63) is 4.84 Å². The average molecular weight is 247 g/mol. The van der Waals surface area contributed by atoms with Crippen LogP contribution in [-0.4, -0.2) is 42.2 Å². The predicted octanol–water partition coefficient (Wildman–Crippen LogP) is 1.39. The zero-order chi connectivity index (χ0) is 12.6. The Balaban J connectivity index is 0.00000106. The second kappa shape index (κ2) is 8.26. The Hall–Kier alpha value is -0.920. The van der Waals surface area contributed by atoms with E-state index in [1.807, 2.05) is 27.9 Å². The molecule has 0 aliphatic carbocycles. The van der Waals surface area contributed by atoms with E-state index >= 15 is 0 Å². The third-order valence-electron chi connectivity index (χ3n) is 1.70. The van der Waals surface area contributed by atoms with Crippen molar-refractivity contribution in [1.82, 2.24) is 15.0 Å².